The molecular formula is C21H21FN2O3S. The summed E-state index contributed by atoms with van der Waals surface area (Å²) in [5.41, 5.74) is 1.23. The number of nitrogens with one attached hydrogen (secondary N) is 1. The molecular weight excluding hydrogens is 379 g/mol. The van der Waals surface area contributed by atoms with Crippen LogP contribution in [0.1, 0.15) is 11.3 Å². The number of furan rings is 1. The molecule has 28 heavy (non-hydrogen) atoms. The molecule has 0 fully saturated rings. The van der Waals surface area contributed by atoms with E-state index in [1.54, 1.807) is 56.9 Å². The van der Waals surface area contributed by atoms with Crippen molar-refractivity contribution < 1.29 is 18.3 Å². The molecule has 0 aliphatic carbocycles. The van der Waals surface area contributed by atoms with Crippen LogP contribution in [0.3, 0.4) is 0 Å². The Morgan fingerprint density at radius 2 is 1.89 bits per heavy atom. The number of methoxy groups -OCH3 is 2. The fourth-order valence-electron chi connectivity index (χ4n) is 2.72. The second-order valence-corrected chi connectivity index (χ2v) is 6.41. The van der Waals surface area contributed by atoms with Gasteiger partial charge in [0.15, 0.2) is 5.11 Å². The molecule has 3 rings (SSSR count). The number of rotatable bonds is 7. The lowest BCUT2D eigenvalue weighted by molar-refractivity contribution is 0.355. The Bertz CT molecular complexity index is 931. The molecule has 0 saturated carbocycles. The molecule has 0 saturated heterocycles. The zero-order valence-electron chi connectivity index (χ0n) is 15.6. The first-order valence-corrected chi connectivity index (χ1v) is 9.05. The van der Waals surface area contributed by atoms with E-state index < -0.39 is 0 Å². The minimum Gasteiger partial charge on any atom is -0.497 e. The van der Waals surface area contributed by atoms with E-state index in [9.17, 15) is 4.39 Å². The molecule has 0 atom stereocenters. The molecule has 0 amide bonds. The number of hydrogen-bond acceptors (Lipinski definition) is 4. The molecule has 2 aromatic carbocycles. The van der Waals surface area contributed by atoms with Crippen LogP contribution in [-0.4, -0.2) is 24.2 Å². The minimum atomic E-state index is -0.281. The summed E-state index contributed by atoms with van der Waals surface area (Å²) in [5.74, 6) is 1.71. The van der Waals surface area contributed by atoms with Crippen LogP contribution in [-0.2, 0) is 13.1 Å². The molecule has 1 N–H and O–H groups in total. The van der Waals surface area contributed by atoms with Gasteiger partial charge in [0, 0.05) is 18.2 Å². The third-order valence-electron chi connectivity index (χ3n) is 4.18. The van der Waals surface area contributed by atoms with Crippen molar-refractivity contribution in [3.63, 3.8) is 0 Å². The Morgan fingerprint density at radius 3 is 2.57 bits per heavy atom. The van der Waals surface area contributed by atoms with E-state index >= 15 is 0 Å². The lowest BCUT2D eigenvalue weighted by atomic mass is 10.2. The van der Waals surface area contributed by atoms with Crippen LogP contribution in [0.15, 0.2) is 65.3 Å². The van der Waals surface area contributed by atoms with Crippen LogP contribution in [0.2, 0.25) is 0 Å². The van der Waals surface area contributed by atoms with Crippen LogP contribution < -0.4 is 14.8 Å². The van der Waals surface area contributed by atoms with Gasteiger partial charge in [-0.1, -0.05) is 18.2 Å². The summed E-state index contributed by atoms with van der Waals surface area (Å²) < 4.78 is 30.3. The standard InChI is InChI=1S/C21H21FN2O3S/c1-25-16-9-10-19(20(12-16)26-2)23-21(28)24(14-17-7-5-11-27-17)13-15-6-3-4-8-18(15)22/h3-12H,13-14H2,1-2H3,(H,23,28). The van der Waals surface area contributed by atoms with Crippen molar-refractivity contribution in [3.8, 4) is 11.5 Å². The number of benzene rings is 2. The molecule has 0 aliphatic heterocycles. The van der Waals surface area contributed by atoms with E-state index in [-0.39, 0.29) is 12.4 Å². The predicted molar refractivity (Wildman–Crippen MR) is 110 cm³/mol. The summed E-state index contributed by atoms with van der Waals surface area (Å²) in [6, 6.07) is 15.7. The summed E-state index contributed by atoms with van der Waals surface area (Å²) in [6.07, 6.45) is 1.60. The Hall–Kier alpha value is -3.06. The molecule has 1 heterocycles. The molecule has 7 heteroatoms. The Kier molecular flexibility index (Phi) is 6.49. The zero-order valence-corrected chi connectivity index (χ0v) is 16.5. The van der Waals surface area contributed by atoms with Crippen molar-refractivity contribution in [2.24, 2.45) is 0 Å². The van der Waals surface area contributed by atoms with Gasteiger partial charge in [-0.3, -0.25) is 0 Å². The Morgan fingerprint density at radius 1 is 1.07 bits per heavy atom. The molecule has 0 radical (unpaired) electrons. The van der Waals surface area contributed by atoms with Crippen molar-refractivity contribution in [1.82, 2.24) is 4.90 Å². The van der Waals surface area contributed by atoms with Crippen molar-refractivity contribution in [3.05, 3.63) is 78.0 Å². The molecule has 5 nitrogen and oxygen atoms in total. The maximum atomic E-state index is 14.2. The third-order valence-corrected chi connectivity index (χ3v) is 4.54. The van der Waals surface area contributed by atoms with E-state index in [0.717, 1.165) is 5.76 Å². The van der Waals surface area contributed by atoms with Crippen LogP contribution in [0.25, 0.3) is 0 Å². The third kappa shape index (κ3) is 4.80. The Labute approximate surface area is 168 Å². The molecule has 0 spiro atoms. The van der Waals surface area contributed by atoms with Gasteiger partial charge >= 0.3 is 0 Å². The van der Waals surface area contributed by atoms with E-state index in [1.165, 1.54) is 6.07 Å². The first-order valence-electron chi connectivity index (χ1n) is 8.64. The topological polar surface area (TPSA) is 46.9 Å². The van der Waals surface area contributed by atoms with Crippen LogP contribution >= 0.6 is 12.2 Å². The van der Waals surface area contributed by atoms with Gasteiger partial charge in [-0.05, 0) is 42.5 Å². The largest absolute Gasteiger partial charge is 0.497 e. The lowest BCUT2D eigenvalue weighted by Gasteiger charge is -2.26. The summed E-state index contributed by atoms with van der Waals surface area (Å²) in [6.45, 7) is 0.684. The smallest absolute Gasteiger partial charge is 0.174 e. The van der Waals surface area contributed by atoms with Crippen molar-refractivity contribution in [1.29, 1.82) is 0 Å². The maximum Gasteiger partial charge on any atom is 0.174 e. The van der Waals surface area contributed by atoms with E-state index in [0.29, 0.717) is 34.4 Å². The van der Waals surface area contributed by atoms with Gasteiger partial charge in [0.25, 0.3) is 0 Å². The van der Waals surface area contributed by atoms with Gasteiger partial charge in [-0.25, -0.2) is 4.39 Å². The first kappa shape index (κ1) is 19.7. The monoisotopic (exact) mass is 400 g/mol. The van der Waals surface area contributed by atoms with Crippen LogP contribution in [0.4, 0.5) is 10.1 Å². The second kappa shape index (κ2) is 9.23. The average Bonchev–Trinajstić information content (AvgIpc) is 3.22. The van der Waals surface area contributed by atoms with Gasteiger partial charge < -0.3 is 24.1 Å². The fourth-order valence-corrected chi connectivity index (χ4v) is 2.96. The van der Waals surface area contributed by atoms with Crippen molar-refractivity contribution in [2.75, 3.05) is 19.5 Å². The first-order chi connectivity index (χ1) is 13.6. The van der Waals surface area contributed by atoms with Gasteiger partial charge in [-0.2, -0.15) is 0 Å². The highest BCUT2D eigenvalue weighted by Gasteiger charge is 2.16. The van der Waals surface area contributed by atoms with Crippen LogP contribution in [0, 0.1) is 5.82 Å². The molecule has 146 valence electrons. The number of nitrogens with zero attached hydrogens (tertiary/aromatic N) is 1. The highest BCUT2D eigenvalue weighted by atomic mass is 32.1. The number of ether oxygens (including phenoxy) is 2. The van der Waals surface area contributed by atoms with Gasteiger partial charge in [0.1, 0.15) is 23.1 Å². The minimum absolute atomic E-state index is 0.281. The van der Waals surface area contributed by atoms with Crippen molar-refractivity contribution >= 4 is 23.0 Å². The van der Waals surface area contributed by atoms with E-state index in [2.05, 4.69) is 5.32 Å². The summed E-state index contributed by atoms with van der Waals surface area (Å²) in [5, 5.41) is 3.60. The lowest BCUT2D eigenvalue weighted by Crippen LogP contribution is -2.34. The fraction of sp³-hybridized carbons (Fsp3) is 0.190. The Balaban J connectivity index is 1.83. The number of anilines is 1. The normalized spacial score (nSPS) is 10.4. The summed E-state index contributed by atoms with van der Waals surface area (Å²) >= 11 is 5.61. The highest BCUT2D eigenvalue weighted by Crippen LogP contribution is 2.29. The summed E-state index contributed by atoms with van der Waals surface area (Å²) in [4.78, 5) is 1.83. The molecule has 1 aromatic heterocycles. The predicted octanol–water partition coefficient (Wildman–Crippen LogP) is 4.84. The quantitative estimate of drug-likeness (QED) is 0.573. The summed E-state index contributed by atoms with van der Waals surface area (Å²) in [7, 11) is 3.16. The van der Waals surface area contributed by atoms with E-state index in [4.69, 9.17) is 26.1 Å². The molecule has 0 aliphatic rings. The number of hydrogen-bond donors (Lipinski definition) is 1. The highest BCUT2D eigenvalue weighted by molar-refractivity contribution is 7.80. The number of halogens is 1. The molecule has 0 bridgehead atoms. The molecule has 3 aromatic rings. The second-order valence-electron chi connectivity index (χ2n) is 6.02. The van der Waals surface area contributed by atoms with Gasteiger partial charge in [-0.15, -0.1) is 0 Å². The van der Waals surface area contributed by atoms with Gasteiger partial charge in [0.2, 0.25) is 0 Å². The average molecular weight is 400 g/mol. The van der Waals surface area contributed by atoms with Crippen molar-refractivity contribution in [2.45, 2.75) is 13.1 Å². The zero-order chi connectivity index (χ0) is 19.9. The maximum absolute atomic E-state index is 14.2. The van der Waals surface area contributed by atoms with Crippen LogP contribution in [0.5, 0.6) is 11.5 Å². The van der Waals surface area contributed by atoms with E-state index in [1.807, 2.05) is 17.0 Å². The SMILES string of the molecule is COc1ccc(NC(=S)N(Cc2ccco2)Cc2ccccc2F)c(OC)c1. The van der Waals surface area contributed by atoms with Gasteiger partial charge in [0.05, 0.1) is 32.7 Å². The number of thiocarbonyl (C=S) groups is 1. The molecule has 0 unspecified atom stereocenters.